The first-order valence-corrected chi connectivity index (χ1v) is 7.63. The van der Waals surface area contributed by atoms with Gasteiger partial charge in [0.25, 0.3) is 0 Å². The van der Waals surface area contributed by atoms with Crippen LogP contribution in [0.15, 0.2) is 18.2 Å². The first kappa shape index (κ1) is 16.8. The molecule has 0 bridgehead atoms. The Kier molecular flexibility index (Phi) is 7.45. The summed E-state index contributed by atoms with van der Waals surface area (Å²) < 4.78 is 11.3. The summed E-state index contributed by atoms with van der Waals surface area (Å²) in [5.41, 5.74) is 1.22. The van der Waals surface area contributed by atoms with Crippen LogP contribution in [0.2, 0.25) is 0 Å². The van der Waals surface area contributed by atoms with Crippen LogP contribution in [0.1, 0.15) is 46.1 Å². The fourth-order valence-electron chi connectivity index (χ4n) is 2.00. The van der Waals surface area contributed by atoms with E-state index in [0.29, 0.717) is 12.0 Å². The standard InChI is InChI=1S/C17H29NO2/c1-6-14(7-2)12-20-17-10-15(11-18-13(3)4)8-9-16(17)19-5/h8-10,13-14,18H,6-7,11-12H2,1-5H3. The third-order valence-electron chi connectivity index (χ3n) is 3.57. The Balaban J connectivity index is 2.72. The minimum atomic E-state index is 0.478. The second kappa shape index (κ2) is 8.85. The minimum absolute atomic E-state index is 0.478. The Labute approximate surface area is 123 Å². The van der Waals surface area contributed by atoms with E-state index in [2.05, 4.69) is 45.1 Å². The van der Waals surface area contributed by atoms with E-state index in [1.54, 1.807) is 7.11 Å². The zero-order valence-electron chi connectivity index (χ0n) is 13.5. The molecule has 0 aromatic heterocycles. The lowest BCUT2D eigenvalue weighted by molar-refractivity contribution is 0.230. The monoisotopic (exact) mass is 279 g/mol. The van der Waals surface area contributed by atoms with Crippen LogP contribution >= 0.6 is 0 Å². The first-order valence-electron chi connectivity index (χ1n) is 7.63. The van der Waals surface area contributed by atoms with E-state index in [1.165, 1.54) is 5.56 Å². The molecule has 0 aliphatic carbocycles. The van der Waals surface area contributed by atoms with Crippen molar-refractivity contribution in [2.75, 3.05) is 13.7 Å². The van der Waals surface area contributed by atoms with Crippen molar-refractivity contribution in [2.45, 2.75) is 53.1 Å². The van der Waals surface area contributed by atoms with Gasteiger partial charge in [-0.3, -0.25) is 0 Å². The van der Waals surface area contributed by atoms with E-state index in [4.69, 9.17) is 9.47 Å². The topological polar surface area (TPSA) is 30.5 Å². The van der Waals surface area contributed by atoms with Gasteiger partial charge in [-0.25, -0.2) is 0 Å². The Hall–Kier alpha value is -1.22. The van der Waals surface area contributed by atoms with Crippen LogP contribution in [0.4, 0.5) is 0 Å². The van der Waals surface area contributed by atoms with Gasteiger partial charge < -0.3 is 14.8 Å². The van der Waals surface area contributed by atoms with Gasteiger partial charge in [0.15, 0.2) is 11.5 Å². The summed E-state index contributed by atoms with van der Waals surface area (Å²) in [6.45, 7) is 10.3. The smallest absolute Gasteiger partial charge is 0.161 e. The van der Waals surface area contributed by atoms with Crippen LogP contribution in [-0.4, -0.2) is 19.8 Å². The van der Waals surface area contributed by atoms with Crippen LogP contribution in [-0.2, 0) is 6.54 Å². The van der Waals surface area contributed by atoms with Gasteiger partial charge >= 0.3 is 0 Å². The number of methoxy groups -OCH3 is 1. The van der Waals surface area contributed by atoms with Crippen LogP contribution < -0.4 is 14.8 Å². The highest BCUT2D eigenvalue weighted by Gasteiger charge is 2.09. The highest BCUT2D eigenvalue weighted by atomic mass is 16.5. The van der Waals surface area contributed by atoms with Crippen LogP contribution in [0.5, 0.6) is 11.5 Å². The number of benzene rings is 1. The van der Waals surface area contributed by atoms with E-state index in [-0.39, 0.29) is 0 Å². The zero-order valence-corrected chi connectivity index (χ0v) is 13.5. The molecule has 114 valence electrons. The van der Waals surface area contributed by atoms with E-state index < -0.39 is 0 Å². The molecular weight excluding hydrogens is 250 g/mol. The van der Waals surface area contributed by atoms with Crippen molar-refractivity contribution in [3.05, 3.63) is 23.8 Å². The predicted octanol–water partition coefficient (Wildman–Crippen LogP) is 4.01. The second-order valence-electron chi connectivity index (χ2n) is 5.51. The summed E-state index contributed by atoms with van der Waals surface area (Å²) in [6, 6.07) is 6.62. The molecule has 0 saturated carbocycles. The van der Waals surface area contributed by atoms with Gasteiger partial charge in [-0.1, -0.05) is 46.6 Å². The number of rotatable bonds is 9. The molecule has 3 nitrogen and oxygen atoms in total. The molecule has 0 heterocycles. The van der Waals surface area contributed by atoms with Crippen molar-refractivity contribution in [3.8, 4) is 11.5 Å². The molecule has 0 spiro atoms. The fourth-order valence-corrected chi connectivity index (χ4v) is 2.00. The summed E-state index contributed by atoms with van der Waals surface area (Å²) in [6.07, 6.45) is 2.29. The molecule has 0 atom stereocenters. The SMILES string of the molecule is CCC(CC)COc1cc(CNC(C)C)ccc1OC. The van der Waals surface area contributed by atoms with Gasteiger partial charge in [-0.15, -0.1) is 0 Å². The molecule has 1 N–H and O–H groups in total. The maximum absolute atomic E-state index is 5.97. The Morgan fingerprint density at radius 3 is 2.35 bits per heavy atom. The molecule has 0 fully saturated rings. The average Bonchev–Trinajstić information content (AvgIpc) is 2.46. The lowest BCUT2D eigenvalue weighted by Crippen LogP contribution is -2.21. The summed E-state index contributed by atoms with van der Waals surface area (Å²) in [7, 11) is 1.69. The molecule has 1 aromatic carbocycles. The van der Waals surface area contributed by atoms with Gasteiger partial charge in [-0.05, 0) is 23.6 Å². The molecule has 0 saturated heterocycles. The molecule has 0 aliphatic heterocycles. The zero-order chi connectivity index (χ0) is 15.0. The summed E-state index contributed by atoms with van der Waals surface area (Å²) in [5, 5.41) is 3.42. The van der Waals surface area contributed by atoms with E-state index in [1.807, 2.05) is 6.07 Å². The molecule has 1 aromatic rings. The van der Waals surface area contributed by atoms with Crippen molar-refractivity contribution in [2.24, 2.45) is 5.92 Å². The molecular formula is C17H29NO2. The molecule has 3 heteroatoms. The number of nitrogens with one attached hydrogen (secondary N) is 1. The summed E-state index contributed by atoms with van der Waals surface area (Å²) in [4.78, 5) is 0. The predicted molar refractivity (Wildman–Crippen MR) is 84.5 cm³/mol. The van der Waals surface area contributed by atoms with Crippen molar-refractivity contribution < 1.29 is 9.47 Å². The van der Waals surface area contributed by atoms with Gasteiger partial charge in [0.2, 0.25) is 0 Å². The molecule has 0 aliphatic rings. The van der Waals surface area contributed by atoms with Gasteiger partial charge in [-0.2, -0.15) is 0 Å². The number of hydrogen-bond acceptors (Lipinski definition) is 3. The van der Waals surface area contributed by atoms with Crippen LogP contribution in [0, 0.1) is 5.92 Å². The number of ether oxygens (including phenoxy) is 2. The van der Waals surface area contributed by atoms with Crippen molar-refractivity contribution in [1.29, 1.82) is 0 Å². The quantitative estimate of drug-likeness (QED) is 0.741. The normalized spacial score (nSPS) is 11.2. The van der Waals surface area contributed by atoms with Crippen LogP contribution in [0.3, 0.4) is 0 Å². The lowest BCUT2D eigenvalue weighted by Gasteiger charge is -2.17. The van der Waals surface area contributed by atoms with Gasteiger partial charge in [0, 0.05) is 12.6 Å². The molecule has 0 unspecified atom stereocenters. The maximum atomic E-state index is 5.97. The highest BCUT2D eigenvalue weighted by Crippen LogP contribution is 2.29. The van der Waals surface area contributed by atoms with Gasteiger partial charge in [0.05, 0.1) is 13.7 Å². The average molecular weight is 279 g/mol. The molecule has 20 heavy (non-hydrogen) atoms. The summed E-state index contributed by atoms with van der Waals surface area (Å²) >= 11 is 0. The van der Waals surface area contributed by atoms with Crippen molar-refractivity contribution in [1.82, 2.24) is 5.32 Å². The molecule has 1 rings (SSSR count). The maximum Gasteiger partial charge on any atom is 0.161 e. The van der Waals surface area contributed by atoms with E-state index in [9.17, 15) is 0 Å². The third kappa shape index (κ3) is 5.41. The van der Waals surface area contributed by atoms with Crippen LogP contribution in [0.25, 0.3) is 0 Å². The Morgan fingerprint density at radius 2 is 1.80 bits per heavy atom. The van der Waals surface area contributed by atoms with E-state index >= 15 is 0 Å². The minimum Gasteiger partial charge on any atom is -0.493 e. The second-order valence-corrected chi connectivity index (χ2v) is 5.51. The largest absolute Gasteiger partial charge is 0.493 e. The Bertz CT molecular complexity index is 387. The van der Waals surface area contributed by atoms with Crippen molar-refractivity contribution in [3.63, 3.8) is 0 Å². The first-order chi connectivity index (χ1) is 9.60. The van der Waals surface area contributed by atoms with Gasteiger partial charge in [0.1, 0.15) is 0 Å². The third-order valence-corrected chi connectivity index (χ3v) is 3.57. The highest BCUT2D eigenvalue weighted by molar-refractivity contribution is 5.43. The van der Waals surface area contributed by atoms with E-state index in [0.717, 1.165) is 37.5 Å². The summed E-state index contributed by atoms with van der Waals surface area (Å²) in [5.74, 6) is 2.27. The molecule has 0 amide bonds. The fraction of sp³-hybridized carbons (Fsp3) is 0.647. The molecule has 0 radical (unpaired) electrons. The lowest BCUT2D eigenvalue weighted by atomic mass is 10.1. The number of hydrogen-bond donors (Lipinski definition) is 1. The van der Waals surface area contributed by atoms with Crippen molar-refractivity contribution >= 4 is 0 Å². The Morgan fingerprint density at radius 1 is 1.10 bits per heavy atom.